The molecule has 0 radical (unpaired) electrons. The van der Waals surface area contributed by atoms with E-state index in [0.29, 0.717) is 12.3 Å². The Labute approximate surface area is 95.1 Å². The lowest BCUT2D eigenvalue weighted by molar-refractivity contribution is -0.0329. The molecule has 0 heterocycles. The quantitative estimate of drug-likeness (QED) is 0.675. The highest BCUT2D eigenvalue weighted by molar-refractivity contribution is 9.09. The molecule has 0 spiro atoms. The van der Waals surface area contributed by atoms with E-state index in [4.69, 9.17) is 0 Å². The second kappa shape index (κ2) is 4.64. The van der Waals surface area contributed by atoms with Crippen LogP contribution in [0.4, 0.5) is 13.2 Å². The summed E-state index contributed by atoms with van der Waals surface area (Å²) in [6, 6.07) is 0. The Morgan fingerprint density at radius 3 is 2.29 bits per heavy atom. The predicted molar refractivity (Wildman–Crippen MR) is 57.8 cm³/mol. The molecule has 1 atom stereocenters. The predicted octanol–water partition coefficient (Wildman–Crippen LogP) is 4.44. The first-order valence-corrected chi connectivity index (χ1v) is 6.75. The van der Waals surface area contributed by atoms with Gasteiger partial charge in [0.1, 0.15) is 0 Å². The Bertz CT molecular complexity index is 191. The summed E-state index contributed by atoms with van der Waals surface area (Å²) in [7, 11) is 0. The Morgan fingerprint density at radius 1 is 1.36 bits per heavy atom. The number of thioether (sulfide) groups is 1. The van der Waals surface area contributed by atoms with Crippen molar-refractivity contribution in [3.63, 3.8) is 0 Å². The van der Waals surface area contributed by atoms with E-state index >= 15 is 0 Å². The van der Waals surface area contributed by atoms with Crippen LogP contribution < -0.4 is 0 Å². The molecular formula is C9H14BrF3S. The second-order valence-corrected chi connectivity index (χ2v) is 5.83. The summed E-state index contributed by atoms with van der Waals surface area (Å²) in [4.78, 5) is 0. The molecule has 0 bridgehead atoms. The molecule has 0 nitrogen and oxygen atoms in total. The van der Waals surface area contributed by atoms with Gasteiger partial charge in [-0.1, -0.05) is 34.6 Å². The monoisotopic (exact) mass is 290 g/mol. The first kappa shape index (κ1) is 12.7. The van der Waals surface area contributed by atoms with Gasteiger partial charge in [0, 0.05) is 11.1 Å². The van der Waals surface area contributed by atoms with Crippen molar-refractivity contribution in [2.24, 2.45) is 11.3 Å². The average Bonchev–Trinajstić information content (AvgIpc) is 2.83. The fourth-order valence-electron chi connectivity index (χ4n) is 1.56. The van der Waals surface area contributed by atoms with E-state index in [1.54, 1.807) is 0 Å². The Morgan fingerprint density at radius 2 is 1.93 bits per heavy atom. The second-order valence-electron chi connectivity index (χ2n) is 4.11. The third-order valence-corrected chi connectivity index (χ3v) is 4.82. The lowest BCUT2D eigenvalue weighted by atomic mass is 9.85. The third-order valence-electron chi connectivity index (χ3n) is 2.81. The maximum atomic E-state index is 11.9. The highest BCUT2D eigenvalue weighted by Gasteiger charge is 2.41. The largest absolute Gasteiger partial charge is 0.441 e. The van der Waals surface area contributed by atoms with Crippen LogP contribution in [0.1, 0.15) is 26.2 Å². The lowest BCUT2D eigenvalue weighted by Gasteiger charge is -2.27. The molecule has 1 unspecified atom stereocenters. The van der Waals surface area contributed by atoms with E-state index in [-0.39, 0.29) is 22.9 Å². The Balaban J connectivity index is 2.27. The number of hydrogen-bond donors (Lipinski definition) is 0. The first-order valence-electron chi connectivity index (χ1n) is 4.64. The molecule has 0 saturated heterocycles. The minimum absolute atomic E-state index is 0.0677. The van der Waals surface area contributed by atoms with Crippen LogP contribution in [0.5, 0.6) is 0 Å². The minimum atomic E-state index is -4.07. The summed E-state index contributed by atoms with van der Waals surface area (Å²) in [6.45, 7) is 2.08. The van der Waals surface area contributed by atoms with E-state index in [0.717, 1.165) is 5.33 Å². The zero-order valence-corrected chi connectivity index (χ0v) is 10.4. The summed E-state index contributed by atoms with van der Waals surface area (Å²) in [5.41, 5.74) is -4.00. The number of rotatable bonds is 5. The molecule has 14 heavy (non-hydrogen) atoms. The van der Waals surface area contributed by atoms with Crippen LogP contribution in [0.3, 0.4) is 0 Å². The standard InChI is InChI=1S/C9H14BrF3S/c1-8(6-10,7-2-3-7)4-5-14-9(11,12)13/h7H,2-6H2,1H3. The van der Waals surface area contributed by atoms with Crippen LogP contribution in [0.25, 0.3) is 0 Å². The molecule has 0 amide bonds. The molecule has 84 valence electrons. The lowest BCUT2D eigenvalue weighted by Crippen LogP contribution is -2.22. The zero-order valence-electron chi connectivity index (χ0n) is 8.03. The molecule has 1 fully saturated rings. The number of halogens is 4. The van der Waals surface area contributed by atoms with E-state index in [1.165, 1.54) is 12.8 Å². The topological polar surface area (TPSA) is 0 Å². The molecule has 1 saturated carbocycles. The van der Waals surface area contributed by atoms with Crippen molar-refractivity contribution >= 4 is 27.7 Å². The molecule has 0 N–H and O–H groups in total. The van der Waals surface area contributed by atoms with Gasteiger partial charge in [0.05, 0.1) is 0 Å². The maximum absolute atomic E-state index is 11.9. The van der Waals surface area contributed by atoms with Crippen LogP contribution in [-0.2, 0) is 0 Å². The molecular weight excluding hydrogens is 277 g/mol. The molecule has 1 aliphatic carbocycles. The smallest absolute Gasteiger partial charge is 0.160 e. The van der Waals surface area contributed by atoms with Gasteiger partial charge in [-0.15, -0.1) is 0 Å². The maximum Gasteiger partial charge on any atom is 0.441 e. The van der Waals surface area contributed by atoms with Crippen molar-refractivity contribution in [1.29, 1.82) is 0 Å². The highest BCUT2D eigenvalue weighted by atomic mass is 79.9. The summed E-state index contributed by atoms with van der Waals surface area (Å²) < 4.78 is 35.7. The average molecular weight is 291 g/mol. The van der Waals surface area contributed by atoms with Crippen molar-refractivity contribution in [3.05, 3.63) is 0 Å². The van der Waals surface area contributed by atoms with Gasteiger partial charge in [0.25, 0.3) is 0 Å². The van der Waals surface area contributed by atoms with Gasteiger partial charge in [-0.3, -0.25) is 0 Å². The van der Waals surface area contributed by atoms with Gasteiger partial charge in [-0.25, -0.2) is 0 Å². The Hall–Kier alpha value is 0.620. The normalized spacial score (nSPS) is 22.1. The van der Waals surface area contributed by atoms with Crippen molar-refractivity contribution in [2.75, 3.05) is 11.1 Å². The van der Waals surface area contributed by atoms with Crippen molar-refractivity contribution in [2.45, 2.75) is 31.7 Å². The molecule has 5 heteroatoms. The van der Waals surface area contributed by atoms with Crippen LogP contribution in [0, 0.1) is 11.3 Å². The van der Waals surface area contributed by atoms with Crippen LogP contribution in [-0.4, -0.2) is 16.6 Å². The molecule has 0 aromatic rings. The van der Waals surface area contributed by atoms with E-state index in [1.807, 2.05) is 0 Å². The summed E-state index contributed by atoms with van der Waals surface area (Å²) in [5.74, 6) is 0.818. The van der Waals surface area contributed by atoms with Gasteiger partial charge in [0.2, 0.25) is 0 Å². The van der Waals surface area contributed by atoms with Crippen molar-refractivity contribution in [3.8, 4) is 0 Å². The van der Waals surface area contributed by atoms with Crippen LogP contribution >= 0.6 is 27.7 Å². The number of hydrogen-bond acceptors (Lipinski definition) is 1. The summed E-state index contributed by atoms with van der Waals surface area (Å²) >= 11 is 3.50. The SMILES string of the molecule is CC(CBr)(CCSC(F)(F)F)C1CC1. The molecule has 0 aliphatic heterocycles. The zero-order chi connectivity index (χ0) is 10.8. The third kappa shape index (κ3) is 4.01. The van der Waals surface area contributed by atoms with Gasteiger partial charge in [-0.2, -0.15) is 13.2 Å². The van der Waals surface area contributed by atoms with E-state index in [2.05, 4.69) is 22.9 Å². The number of alkyl halides is 4. The fourth-order valence-corrected chi connectivity index (χ4v) is 3.10. The highest BCUT2D eigenvalue weighted by Crippen LogP contribution is 2.49. The first-order chi connectivity index (χ1) is 6.37. The van der Waals surface area contributed by atoms with Crippen molar-refractivity contribution in [1.82, 2.24) is 0 Å². The van der Waals surface area contributed by atoms with Gasteiger partial charge in [0.15, 0.2) is 0 Å². The van der Waals surface area contributed by atoms with Gasteiger partial charge in [-0.05, 0) is 30.6 Å². The fraction of sp³-hybridized carbons (Fsp3) is 1.00. The summed E-state index contributed by atoms with van der Waals surface area (Å²) in [5, 5.41) is 0.809. The summed E-state index contributed by atoms with van der Waals surface area (Å²) in [6.07, 6.45) is 3.00. The van der Waals surface area contributed by atoms with Gasteiger partial charge < -0.3 is 0 Å². The molecule has 1 rings (SSSR count). The molecule has 0 aromatic heterocycles. The van der Waals surface area contributed by atoms with Crippen LogP contribution in [0.15, 0.2) is 0 Å². The molecule has 1 aliphatic rings. The van der Waals surface area contributed by atoms with Crippen LogP contribution in [0.2, 0.25) is 0 Å². The minimum Gasteiger partial charge on any atom is -0.160 e. The van der Waals surface area contributed by atoms with E-state index < -0.39 is 5.51 Å². The van der Waals surface area contributed by atoms with Gasteiger partial charge >= 0.3 is 5.51 Å². The molecule has 0 aromatic carbocycles. The van der Waals surface area contributed by atoms with E-state index in [9.17, 15) is 13.2 Å². The Kier molecular flexibility index (Phi) is 4.21. The van der Waals surface area contributed by atoms with Crippen molar-refractivity contribution < 1.29 is 13.2 Å².